The first-order valence-corrected chi connectivity index (χ1v) is 8.00. The van der Waals surface area contributed by atoms with Gasteiger partial charge in [-0.05, 0) is 46.0 Å². The lowest BCUT2D eigenvalue weighted by Gasteiger charge is -2.10. The molecule has 1 aromatic heterocycles. The Morgan fingerprint density at radius 1 is 1.19 bits per heavy atom. The predicted molar refractivity (Wildman–Crippen MR) is 89.1 cm³/mol. The Morgan fingerprint density at radius 3 is 2.43 bits per heavy atom. The van der Waals surface area contributed by atoms with Gasteiger partial charge in [0.15, 0.2) is 0 Å². The lowest BCUT2D eigenvalue weighted by atomic mass is 10.1. The molecule has 0 unspecified atom stereocenters. The van der Waals surface area contributed by atoms with Gasteiger partial charge < -0.3 is 4.74 Å². The van der Waals surface area contributed by atoms with Crippen LogP contribution in [0.25, 0.3) is 0 Å². The van der Waals surface area contributed by atoms with Crippen LogP contribution in [-0.4, -0.2) is 17.1 Å². The maximum Gasteiger partial charge on any atom is 0.147 e. The normalized spacial score (nSPS) is 11.0. The van der Waals surface area contributed by atoms with Crippen molar-refractivity contribution >= 4 is 27.5 Å². The van der Waals surface area contributed by atoms with Crippen LogP contribution in [0.2, 0.25) is 5.15 Å². The molecule has 0 saturated carbocycles. The first kappa shape index (κ1) is 16.2. The first-order chi connectivity index (χ1) is 9.99. The molecule has 1 aromatic carbocycles. The Kier molecular flexibility index (Phi) is 5.59. The van der Waals surface area contributed by atoms with Crippen molar-refractivity contribution in [1.82, 2.24) is 9.97 Å². The van der Waals surface area contributed by atoms with Crippen LogP contribution in [0.15, 0.2) is 28.7 Å². The lowest BCUT2D eigenvalue weighted by molar-refractivity contribution is 0.414. The number of aromatic nitrogens is 2. The van der Waals surface area contributed by atoms with Gasteiger partial charge in [-0.3, -0.25) is 0 Å². The lowest BCUT2D eigenvalue weighted by Crippen LogP contribution is -2.05. The summed E-state index contributed by atoms with van der Waals surface area (Å²) < 4.78 is 5.96. The summed E-state index contributed by atoms with van der Waals surface area (Å²) in [5, 5.41) is 0.476. The molecule has 2 aromatic rings. The third kappa shape index (κ3) is 4.42. The summed E-state index contributed by atoms with van der Waals surface area (Å²) in [7, 11) is 1.66. The molecule has 0 N–H and O–H groups in total. The van der Waals surface area contributed by atoms with E-state index in [-0.39, 0.29) is 0 Å². The Hall–Kier alpha value is -1.13. The van der Waals surface area contributed by atoms with Gasteiger partial charge in [-0.1, -0.05) is 37.6 Å². The molecule has 0 amide bonds. The Balaban J connectivity index is 2.24. The SMILES string of the molecule is COc1ccc(Cc2nc(Cl)c(Br)c(CC(C)C)n2)cc1. The zero-order valence-corrected chi connectivity index (χ0v) is 14.7. The number of nitrogens with zero attached hydrogens (tertiary/aromatic N) is 2. The van der Waals surface area contributed by atoms with E-state index in [1.807, 2.05) is 24.3 Å². The molecule has 0 spiro atoms. The highest BCUT2D eigenvalue weighted by Crippen LogP contribution is 2.26. The van der Waals surface area contributed by atoms with Gasteiger partial charge in [0, 0.05) is 6.42 Å². The Labute approximate surface area is 138 Å². The third-order valence-electron chi connectivity index (χ3n) is 3.05. The molecule has 0 fully saturated rings. The largest absolute Gasteiger partial charge is 0.497 e. The summed E-state index contributed by atoms with van der Waals surface area (Å²) in [6.07, 6.45) is 1.53. The second-order valence-corrected chi connectivity index (χ2v) is 6.47. The van der Waals surface area contributed by atoms with Crippen molar-refractivity contribution in [2.75, 3.05) is 7.11 Å². The highest BCUT2D eigenvalue weighted by Gasteiger charge is 2.12. The highest BCUT2D eigenvalue weighted by atomic mass is 79.9. The molecule has 0 radical (unpaired) electrons. The molecule has 0 aliphatic carbocycles. The van der Waals surface area contributed by atoms with Gasteiger partial charge in [-0.15, -0.1) is 0 Å². The number of rotatable bonds is 5. The van der Waals surface area contributed by atoms with Gasteiger partial charge in [0.1, 0.15) is 16.7 Å². The van der Waals surface area contributed by atoms with Crippen LogP contribution in [0.4, 0.5) is 0 Å². The van der Waals surface area contributed by atoms with Gasteiger partial charge in [0.05, 0.1) is 17.3 Å². The predicted octanol–water partition coefficient (Wildman–Crippen LogP) is 4.69. The summed E-state index contributed by atoms with van der Waals surface area (Å²) in [5.41, 5.74) is 2.10. The van der Waals surface area contributed by atoms with Crippen LogP contribution < -0.4 is 4.74 Å². The van der Waals surface area contributed by atoms with Crippen LogP contribution in [0, 0.1) is 5.92 Å². The average molecular weight is 370 g/mol. The van der Waals surface area contributed by atoms with Crippen molar-refractivity contribution in [2.45, 2.75) is 26.7 Å². The van der Waals surface area contributed by atoms with Crippen molar-refractivity contribution in [3.8, 4) is 5.75 Å². The molecule has 0 atom stereocenters. The monoisotopic (exact) mass is 368 g/mol. The smallest absolute Gasteiger partial charge is 0.147 e. The number of methoxy groups -OCH3 is 1. The average Bonchev–Trinajstić information content (AvgIpc) is 2.44. The number of halogens is 2. The number of benzene rings is 1. The minimum Gasteiger partial charge on any atom is -0.497 e. The van der Waals surface area contributed by atoms with Gasteiger partial charge in [0.2, 0.25) is 0 Å². The zero-order chi connectivity index (χ0) is 15.4. The minimum atomic E-state index is 0.476. The fraction of sp³-hybridized carbons (Fsp3) is 0.375. The Bertz CT molecular complexity index is 614. The number of hydrogen-bond donors (Lipinski definition) is 0. The van der Waals surface area contributed by atoms with E-state index in [9.17, 15) is 0 Å². The molecule has 0 bridgehead atoms. The van der Waals surface area contributed by atoms with E-state index in [0.29, 0.717) is 17.5 Å². The zero-order valence-electron chi connectivity index (χ0n) is 12.4. The molecular formula is C16H18BrClN2O. The first-order valence-electron chi connectivity index (χ1n) is 6.83. The Morgan fingerprint density at radius 2 is 1.86 bits per heavy atom. The van der Waals surface area contributed by atoms with Crippen LogP contribution in [-0.2, 0) is 12.8 Å². The summed E-state index contributed by atoms with van der Waals surface area (Å²) in [6, 6.07) is 7.90. The molecule has 1 heterocycles. The van der Waals surface area contributed by atoms with E-state index >= 15 is 0 Å². The van der Waals surface area contributed by atoms with Crippen molar-refractivity contribution < 1.29 is 4.74 Å². The van der Waals surface area contributed by atoms with Gasteiger partial charge in [-0.2, -0.15) is 0 Å². The van der Waals surface area contributed by atoms with Crippen LogP contribution in [0.1, 0.15) is 30.9 Å². The maximum absolute atomic E-state index is 6.20. The highest BCUT2D eigenvalue weighted by molar-refractivity contribution is 9.10. The maximum atomic E-state index is 6.20. The van der Waals surface area contributed by atoms with E-state index in [1.165, 1.54) is 0 Å². The fourth-order valence-corrected chi connectivity index (χ4v) is 2.58. The summed E-state index contributed by atoms with van der Waals surface area (Å²) in [6.45, 7) is 4.32. The molecule has 112 valence electrons. The molecule has 0 saturated heterocycles. The minimum absolute atomic E-state index is 0.476. The van der Waals surface area contributed by atoms with Gasteiger partial charge in [0.25, 0.3) is 0 Å². The summed E-state index contributed by atoms with van der Waals surface area (Å²) in [5.74, 6) is 2.10. The van der Waals surface area contributed by atoms with Crippen molar-refractivity contribution in [1.29, 1.82) is 0 Å². The third-order valence-corrected chi connectivity index (χ3v) is 4.38. The van der Waals surface area contributed by atoms with Gasteiger partial charge >= 0.3 is 0 Å². The summed E-state index contributed by atoms with van der Waals surface area (Å²) >= 11 is 9.67. The van der Waals surface area contributed by atoms with Crippen LogP contribution in [0.3, 0.4) is 0 Å². The molecule has 2 rings (SSSR count). The number of ether oxygens (including phenoxy) is 1. The topological polar surface area (TPSA) is 35.0 Å². The van der Waals surface area contributed by atoms with Crippen molar-refractivity contribution in [3.63, 3.8) is 0 Å². The van der Waals surface area contributed by atoms with E-state index in [1.54, 1.807) is 7.11 Å². The summed E-state index contributed by atoms with van der Waals surface area (Å²) in [4.78, 5) is 8.99. The van der Waals surface area contributed by atoms with E-state index in [4.69, 9.17) is 16.3 Å². The molecular weight excluding hydrogens is 352 g/mol. The molecule has 3 nitrogen and oxygen atoms in total. The second kappa shape index (κ2) is 7.23. The van der Waals surface area contributed by atoms with E-state index < -0.39 is 0 Å². The van der Waals surface area contributed by atoms with E-state index in [2.05, 4.69) is 39.7 Å². The van der Waals surface area contributed by atoms with Crippen LogP contribution >= 0.6 is 27.5 Å². The van der Waals surface area contributed by atoms with Crippen LogP contribution in [0.5, 0.6) is 5.75 Å². The molecule has 0 aliphatic rings. The van der Waals surface area contributed by atoms with E-state index in [0.717, 1.165) is 33.7 Å². The van der Waals surface area contributed by atoms with Crippen molar-refractivity contribution in [3.05, 3.63) is 51.0 Å². The molecule has 5 heteroatoms. The molecule has 0 aliphatic heterocycles. The fourth-order valence-electron chi connectivity index (χ4n) is 2.04. The quantitative estimate of drug-likeness (QED) is 0.717. The number of hydrogen-bond acceptors (Lipinski definition) is 3. The standard InChI is InChI=1S/C16H18BrClN2O/c1-10(2)8-13-15(17)16(18)20-14(19-13)9-11-4-6-12(21-3)7-5-11/h4-7,10H,8-9H2,1-3H3. The van der Waals surface area contributed by atoms with Gasteiger partial charge in [-0.25, -0.2) is 9.97 Å². The molecule has 21 heavy (non-hydrogen) atoms. The van der Waals surface area contributed by atoms with Crippen molar-refractivity contribution in [2.24, 2.45) is 5.92 Å². The second-order valence-electron chi connectivity index (χ2n) is 5.31.